The lowest BCUT2D eigenvalue weighted by Gasteiger charge is -1.88. The molecule has 1 nitrogen and oxygen atoms in total. The van der Waals surface area contributed by atoms with E-state index in [0.29, 0.717) is 6.29 Å². The molecule has 0 N–H and O–H groups in total. The van der Waals surface area contributed by atoms with Crippen molar-refractivity contribution >= 4 is 22.2 Å². The van der Waals surface area contributed by atoms with Crippen LogP contribution in [0, 0.1) is 0 Å². The molecule has 0 heterocycles. The summed E-state index contributed by atoms with van der Waals surface area (Å²) in [7, 11) is 0. The number of rotatable bonds is 3. The summed E-state index contributed by atoms with van der Waals surface area (Å²) in [6.07, 6.45) is 3.06. The van der Waals surface area contributed by atoms with Crippen LogP contribution in [-0.4, -0.2) is 6.29 Å². The molecule has 11 heavy (non-hydrogen) atoms. The zero-order valence-corrected chi connectivity index (χ0v) is 7.69. The minimum Gasteiger partial charge on any atom is -0.298 e. The first-order valence-corrected chi connectivity index (χ1v) is 3.71. The molecule has 0 saturated carbocycles. The molecule has 0 saturated heterocycles. The van der Waals surface area contributed by atoms with Gasteiger partial charge in [-0.1, -0.05) is 22.5 Å². The minimum absolute atomic E-state index is 0.144. The third-order valence-corrected chi connectivity index (χ3v) is 1.17. The number of carbonyl (C=O) groups is 1. The zero-order valence-electron chi connectivity index (χ0n) is 6.10. The predicted octanol–water partition coefficient (Wildman–Crippen LogP) is 2.89. The Balaban J connectivity index is 4.34. The van der Waals surface area contributed by atoms with Crippen molar-refractivity contribution in [1.82, 2.24) is 0 Å². The molecule has 60 valence electrons. The molecule has 0 spiro atoms. The van der Waals surface area contributed by atoms with Crippen molar-refractivity contribution in [3.05, 3.63) is 34.6 Å². The van der Waals surface area contributed by atoms with Crippen molar-refractivity contribution < 1.29 is 9.18 Å². The van der Waals surface area contributed by atoms with Gasteiger partial charge in [-0.3, -0.25) is 4.79 Å². The van der Waals surface area contributed by atoms with Crippen LogP contribution in [0.25, 0.3) is 0 Å². The summed E-state index contributed by atoms with van der Waals surface area (Å²) in [5, 5.41) is 0. The lowest BCUT2D eigenvalue weighted by molar-refractivity contribution is -0.104. The van der Waals surface area contributed by atoms with Gasteiger partial charge >= 0.3 is 0 Å². The number of aldehydes is 1. The Morgan fingerprint density at radius 3 is 2.45 bits per heavy atom. The maximum absolute atomic E-state index is 12.6. The highest BCUT2D eigenvalue weighted by atomic mass is 79.9. The van der Waals surface area contributed by atoms with E-state index in [0.717, 1.165) is 4.48 Å². The topological polar surface area (TPSA) is 17.1 Å². The second-order valence-corrected chi connectivity index (χ2v) is 3.16. The summed E-state index contributed by atoms with van der Waals surface area (Å²) in [6, 6.07) is 0. The molecule has 0 bridgehead atoms. The molecule has 0 rings (SSSR count). The van der Waals surface area contributed by atoms with Crippen LogP contribution < -0.4 is 0 Å². The van der Waals surface area contributed by atoms with Crippen molar-refractivity contribution in [1.29, 1.82) is 0 Å². The number of carbonyl (C=O) groups excluding carboxylic acids is 1. The Morgan fingerprint density at radius 2 is 2.09 bits per heavy atom. The van der Waals surface area contributed by atoms with Gasteiger partial charge in [0, 0.05) is 5.57 Å². The summed E-state index contributed by atoms with van der Waals surface area (Å²) in [5.74, 6) is -0.612. The van der Waals surface area contributed by atoms with E-state index in [1.807, 2.05) is 0 Å². The molecule has 0 fully saturated rings. The molecule has 0 radical (unpaired) electrons. The molecule has 0 aromatic rings. The highest BCUT2D eigenvalue weighted by Crippen LogP contribution is 2.09. The van der Waals surface area contributed by atoms with Gasteiger partial charge in [0.2, 0.25) is 0 Å². The van der Waals surface area contributed by atoms with Gasteiger partial charge < -0.3 is 0 Å². The summed E-state index contributed by atoms with van der Waals surface area (Å²) in [5.41, 5.74) is -0.144. The maximum atomic E-state index is 12.6. The second-order valence-electron chi connectivity index (χ2n) is 1.91. The van der Waals surface area contributed by atoms with Crippen LogP contribution in [0.3, 0.4) is 0 Å². The fourth-order valence-electron chi connectivity index (χ4n) is 0.351. The van der Waals surface area contributed by atoms with Crippen LogP contribution in [0.2, 0.25) is 0 Å². The van der Waals surface area contributed by atoms with E-state index < -0.39 is 5.83 Å². The molecular weight excluding hydrogens is 211 g/mol. The average Bonchev–Trinajstić information content (AvgIpc) is 1.98. The predicted molar refractivity (Wildman–Crippen MR) is 47.1 cm³/mol. The first-order chi connectivity index (χ1) is 5.07. The Morgan fingerprint density at radius 1 is 1.55 bits per heavy atom. The highest BCUT2D eigenvalue weighted by Gasteiger charge is 1.96. The largest absolute Gasteiger partial charge is 0.298 e. The van der Waals surface area contributed by atoms with Gasteiger partial charge in [-0.25, -0.2) is 4.39 Å². The van der Waals surface area contributed by atoms with Gasteiger partial charge in [-0.2, -0.15) is 0 Å². The van der Waals surface area contributed by atoms with Gasteiger partial charge in [-0.05, 0) is 23.6 Å². The fourth-order valence-corrected chi connectivity index (χ4v) is 0.483. The van der Waals surface area contributed by atoms with Crippen LogP contribution >= 0.6 is 15.9 Å². The molecule has 0 aromatic carbocycles. The summed E-state index contributed by atoms with van der Waals surface area (Å²) in [6.45, 7) is 4.95. The standard InChI is InChI=1S/C8H8BrFO/c1-6(5-11)8(10)4-3-7(2)9/h3-5H,1H2,2H3/b7-3+,8-4+. The normalized spacial score (nSPS) is 13.0. The fraction of sp³-hybridized carbons (Fsp3) is 0.125. The molecular formula is C8H8BrFO. The summed E-state index contributed by atoms with van der Waals surface area (Å²) in [4.78, 5) is 9.98. The van der Waals surface area contributed by atoms with Crippen LogP contribution in [0.1, 0.15) is 6.92 Å². The van der Waals surface area contributed by atoms with E-state index >= 15 is 0 Å². The number of allylic oxidation sites excluding steroid dienone is 5. The SMILES string of the molecule is C=C(C=O)/C(F)=C\C=C(/C)Br. The maximum Gasteiger partial charge on any atom is 0.152 e. The van der Waals surface area contributed by atoms with Crippen LogP contribution in [0.5, 0.6) is 0 Å². The van der Waals surface area contributed by atoms with Crippen LogP contribution in [-0.2, 0) is 4.79 Å². The third kappa shape index (κ3) is 4.67. The second kappa shape index (κ2) is 5.02. The Bertz CT molecular complexity index is 224. The molecule has 0 aliphatic carbocycles. The monoisotopic (exact) mass is 218 g/mol. The van der Waals surface area contributed by atoms with Crippen molar-refractivity contribution in [2.45, 2.75) is 6.92 Å². The van der Waals surface area contributed by atoms with E-state index in [9.17, 15) is 9.18 Å². The number of hydrogen-bond donors (Lipinski definition) is 0. The van der Waals surface area contributed by atoms with Crippen molar-refractivity contribution in [3.8, 4) is 0 Å². The molecule has 0 atom stereocenters. The van der Waals surface area contributed by atoms with Gasteiger partial charge in [0.25, 0.3) is 0 Å². The van der Waals surface area contributed by atoms with Crippen LogP contribution in [0.4, 0.5) is 4.39 Å². The first-order valence-electron chi connectivity index (χ1n) is 2.92. The third-order valence-electron chi connectivity index (χ3n) is 0.908. The van der Waals surface area contributed by atoms with Gasteiger partial charge in [0.1, 0.15) is 5.83 Å². The van der Waals surface area contributed by atoms with Gasteiger partial charge in [0.05, 0.1) is 0 Å². The van der Waals surface area contributed by atoms with Crippen LogP contribution in [0.15, 0.2) is 34.6 Å². The Kier molecular flexibility index (Phi) is 4.70. The molecule has 0 aliphatic rings. The molecule has 0 amide bonds. The van der Waals surface area contributed by atoms with Gasteiger partial charge in [-0.15, -0.1) is 0 Å². The summed E-state index contributed by atoms with van der Waals surface area (Å²) < 4.78 is 13.4. The average molecular weight is 219 g/mol. The van der Waals surface area contributed by atoms with Crippen molar-refractivity contribution in [3.63, 3.8) is 0 Å². The molecule has 0 unspecified atom stereocenters. The lowest BCUT2D eigenvalue weighted by Crippen LogP contribution is -1.80. The van der Waals surface area contributed by atoms with Crippen molar-refractivity contribution in [2.24, 2.45) is 0 Å². The minimum atomic E-state index is -0.612. The molecule has 0 aliphatic heterocycles. The quantitative estimate of drug-likeness (QED) is 0.405. The Hall–Kier alpha value is -0.700. The van der Waals surface area contributed by atoms with E-state index in [2.05, 4.69) is 22.5 Å². The Labute approximate surface area is 73.4 Å². The van der Waals surface area contributed by atoms with E-state index in [4.69, 9.17) is 0 Å². The first kappa shape index (κ1) is 10.3. The summed E-state index contributed by atoms with van der Waals surface area (Å²) >= 11 is 3.11. The smallest absolute Gasteiger partial charge is 0.152 e. The van der Waals surface area contributed by atoms with E-state index in [1.165, 1.54) is 12.2 Å². The zero-order chi connectivity index (χ0) is 8.85. The van der Waals surface area contributed by atoms with E-state index in [-0.39, 0.29) is 5.57 Å². The number of halogens is 2. The van der Waals surface area contributed by atoms with E-state index in [1.54, 1.807) is 6.92 Å². The highest BCUT2D eigenvalue weighted by molar-refractivity contribution is 9.11. The molecule has 3 heteroatoms. The van der Waals surface area contributed by atoms with Crippen molar-refractivity contribution in [2.75, 3.05) is 0 Å². The number of hydrogen-bond acceptors (Lipinski definition) is 1. The van der Waals surface area contributed by atoms with Gasteiger partial charge in [0.15, 0.2) is 6.29 Å². The lowest BCUT2D eigenvalue weighted by atomic mass is 10.3. The molecule has 0 aromatic heterocycles.